The summed E-state index contributed by atoms with van der Waals surface area (Å²) in [4.78, 5) is 24.0. The number of rotatable bonds is 5. The summed E-state index contributed by atoms with van der Waals surface area (Å²) in [6, 6.07) is 7.62. The van der Waals surface area contributed by atoms with Crippen LogP contribution in [0, 0.1) is 5.92 Å². The Morgan fingerprint density at radius 2 is 2.03 bits per heavy atom. The number of amides is 1. The molecule has 1 fully saturated rings. The maximum absolute atomic E-state index is 13.2. The lowest BCUT2D eigenvalue weighted by atomic mass is 9.97. The number of aromatic nitrogens is 2. The van der Waals surface area contributed by atoms with E-state index in [2.05, 4.69) is 35.4 Å². The van der Waals surface area contributed by atoms with Crippen LogP contribution in [0.1, 0.15) is 49.2 Å². The Morgan fingerprint density at radius 3 is 2.67 bits per heavy atom. The van der Waals surface area contributed by atoms with Crippen LogP contribution in [0.15, 0.2) is 47.5 Å². The SMILES string of the molecule is C[C@@H]1CN(c2nc(C3C=CCOC3)ccc2C(=O)NS(=O)(=O)c2cccc(N)n2)C(C)(C)C1. The monoisotopic (exact) mass is 471 g/mol. The van der Waals surface area contributed by atoms with Gasteiger partial charge in [0.1, 0.15) is 11.6 Å². The van der Waals surface area contributed by atoms with Crippen molar-refractivity contribution in [3.05, 3.63) is 53.7 Å². The molecule has 1 amide bonds. The standard InChI is InChI=1S/C23H29N5O4S/c1-15-12-23(2,3)28(13-15)21-17(9-10-18(25-21)16-6-5-11-32-14-16)22(29)27-33(30,31)20-8-4-7-19(24)26-20/h4-10,15-16H,11-14H2,1-3H3,(H2,24,26)(H,27,29)/t15-,16?/m0/s1. The molecule has 0 saturated carbocycles. The number of anilines is 2. The van der Waals surface area contributed by atoms with E-state index in [4.69, 9.17) is 15.5 Å². The molecule has 0 radical (unpaired) electrons. The van der Waals surface area contributed by atoms with E-state index in [1.54, 1.807) is 12.1 Å². The van der Waals surface area contributed by atoms with Gasteiger partial charge < -0.3 is 15.4 Å². The Kier molecular flexibility index (Phi) is 6.15. The molecule has 2 aliphatic heterocycles. The van der Waals surface area contributed by atoms with Crippen LogP contribution in [-0.2, 0) is 14.8 Å². The molecule has 2 aliphatic rings. The van der Waals surface area contributed by atoms with Gasteiger partial charge in [0, 0.05) is 18.0 Å². The highest BCUT2D eigenvalue weighted by Gasteiger charge is 2.39. The molecule has 0 spiro atoms. The van der Waals surface area contributed by atoms with Crippen LogP contribution in [0.2, 0.25) is 0 Å². The zero-order valence-corrected chi connectivity index (χ0v) is 19.8. The summed E-state index contributed by atoms with van der Waals surface area (Å²) in [7, 11) is -4.21. The van der Waals surface area contributed by atoms with Gasteiger partial charge in [-0.25, -0.2) is 14.7 Å². The van der Waals surface area contributed by atoms with Crippen molar-refractivity contribution in [2.45, 2.75) is 43.7 Å². The summed E-state index contributed by atoms with van der Waals surface area (Å²) in [6.07, 6.45) is 4.92. The minimum Gasteiger partial charge on any atom is -0.384 e. The van der Waals surface area contributed by atoms with Gasteiger partial charge >= 0.3 is 0 Å². The van der Waals surface area contributed by atoms with Crippen molar-refractivity contribution < 1.29 is 17.9 Å². The normalized spacial score (nSPS) is 22.3. The minimum absolute atomic E-state index is 0.0297. The molecule has 1 unspecified atom stereocenters. The number of sulfonamides is 1. The van der Waals surface area contributed by atoms with Gasteiger partial charge in [0.05, 0.1) is 24.5 Å². The molecule has 0 aliphatic carbocycles. The molecule has 2 aromatic heterocycles. The minimum atomic E-state index is -4.21. The van der Waals surface area contributed by atoms with Crippen LogP contribution >= 0.6 is 0 Å². The van der Waals surface area contributed by atoms with Crippen molar-refractivity contribution in [2.24, 2.45) is 5.92 Å². The number of nitrogens with two attached hydrogens (primary N) is 1. The number of pyridine rings is 2. The van der Waals surface area contributed by atoms with Crippen molar-refractivity contribution in [3.8, 4) is 0 Å². The molecule has 10 heteroatoms. The second-order valence-electron chi connectivity index (χ2n) is 9.25. The van der Waals surface area contributed by atoms with E-state index in [1.807, 2.05) is 12.2 Å². The smallest absolute Gasteiger partial charge is 0.281 e. The average Bonchev–Trinajstić information content (AvgIpc) is 3.05. The molecule has 3 N–H and O–H groups in total. The number of carbonyl (C=O) groups is 1. The summed E-state index contributed by atoms with van der Waals surface area (Å²) < 4.78 is 33.2. The molecule has 1 saturated heterocycles. The zero-order chi connectivity index (χ0) is 23.8. The molecule has 2 atom stereocenters. The highest BCUT2D eigenvalue weighted by Crippen LogP contribution is 2.38. The van der Waals surface area contributed by atoms with Crippen molar-refractivity contribution in [1.82, 2.24) is 14.7 Å². The molecule has 0 aromatic carbocycles. The number of nitrogens with one attached hydrogen (secondary N) is 1. The Morgan fingerprint density at radius 1 is 1.24 bits per heavy atom. The summed E-state index contributed by atoms with van der Waals surface area (Å²) in [5.74, 6) is 0.123. The third kappa shape index (κ3) is 4.86. The lowest BCUT2D eigenvalue weighted by Crippen LogP contribution is -2.41. The van der Waals surface area contributed by atoms with E-state index in [0.717, 1.165) is 12.1 Å². The van der Waals surface area contributed by atoms with E-state index in [-0.39, 0.29) is 27.9 Å². The van der Waals surface area contributed by atoms with Gasteiger partial charge in [-0.1, -0.05) is 25.1 Å². The molecule has 4 heterocycles. The highest BCUT2D eigenvalue weighted by molar-refractivity contribution is 7.90. The van der Waals surface area contributed by atoms with Crippen molar-refractivity contribution in [1.29, 1.82) is 0 Å². The molecular formula is C23H29N5O4S. The Balaban J connectivity index is 1.73. The third-order valence-corrected chi connectivity index (χ3v) is 7.21. The Labute approximate surface area is 194 Å². The van der Waals surface area contributed by atoms with Crippen molar-refractivity contribution in [2.75, 3.05) is 30.4 Å². The zero-order valence-electron chi connectivity index (χ0n) is 19.0. The maximum atomic E-state index is 13.2. The van der Waals surface area contributed by atoms with Gasteiger partial charge in [-0.05, 0) is 50.5 Å². The lowest BCUT2D eigenvalue weighted by Gasteiger charge is -2.34. The number of nitrogens with zero attached hydrogens (tertiary/aromatic N) is 3. The van der Waals surface area contributed by atoms with Crippen molar-refractivity contribution >= 4 is 27.6 Å². The molecule has 9 nitrogen and oxygen atoms in total. The van der Waals surface area contributed by atoms with E-state index in [9.17, 15) is 13.2 Å². The number of hydrogen-bond acceptors (Lipinski definition) is 8. The average molecular weight is 472 g/mol. The first-order valence-electron chi connectivity index (χ1n) is 10.9. The number of hydrogen-bond donors (Lipinski definition) is 2. The fourth-order valence-electron chi connectivity index (χ4n) is 4.54. The summed E-state index contributed by atoms with van der Waals surface area (Å²) in [5, 5.41) is -0.318. The second kappa shape index (κ2) is 8.75. The molecule has 4 rings (SSSR count). The van der Waals surface area contributed by atoms with Gasteiger partial charge in [0.25, 0.3) is 15.9 Å². The van der Waals surface area contributed by atoms with Gasteiger partial charge in [0.2, 0.25) is 0 Å². The van der Waals surface area contributed by atoms with Crippen LogP contribution < -0.4 is 15.4 Å². The van der Waals surface area contributed by atoms with E-state index < -0.39 is 15.9 Å². The van der Waals surface area contributed by atoms with Gasteiger partial charge in [-0.15, -0.1) is 0 Å². The molecule has 33 heavy (non-hydrogen) atoms. The molecule has 0 bridgehead atoms. The summed E-state index contributed by atoms with van der Waals surface area (Å²) in [6.45, 7) is 8.14. The highest BCUT2D eigenvalue weighted by atomic mass is 32.2. The summed E-state index contributed by atoms with van der Waals surface area (Å²) in [5.41, 5.74) is 6.33. The first kappa shape index (κ1) is 23.2. The first-order valence-corrected chi connectivity index (χ1v) is 12.4. The predicted octanol–water partition coefficient (Wildman–Crippen LogP) is 2.47. The fourth-order valence-corrected chi connectivity index (χ4v) is 5.49. The van der Waals surface area contributed by atoms with Crippen LogP contribution in [0.4, 0.5) is 11.6 Å². The lowest BCUT2D eigenvalue weighted by molar-refractivity contribution is 0.0981. The number of carbonyl (C=O) groups excluding carboxylic acids is 1. The van der Waals surface area contributed by atoms with Crippen LogP contribution in [0.25, 0.3) is 0 Å². The Hall–Kier alpha value is -2.98. The quantitative estimate of drug-likeness (QED) is 0.637. The number of nitrogen functional groups attached to an aromatic ring is 1. The van der Waals surface area contributed by atoms with Crippen LogP contribution in [0.5, 0.6) is 0 Å². The number of ether oxygens (including phenoxy) is 1. The maximum Gasteiger partial charge on any atom is 0.281 e. The van der Waals surface area contributed by atoms with Gasteiger partial charge in [-0.2, -0.15) is 8.42 Å². The second-order valence-corrected chi connectivity index (χ2v) is 10.9. The molecule has 176 valence electrons. The van der Waals surface area contributed by atoms with Crippen LogP contribution in [0.3, 0.4) is 0 Å². The third-order valence-electron chi connectivity index (χ3n) is 5.98. The topological polar surface area (TPSA) is 128 Å². The fraction of sp³-hybridized carbons (Fsp3) is 0.435. The summed E-state index contributed by atoms with van der Waals surface area (Å²) >= 11 is 0. The largest absolute Gasteiger partial charge is 0.384 e. The van der Waals surface area contributed by atoms with E-state index in [1.165, 1.54) is 18.2 Å². The first-order chi connectivity index (χ1) is 15.6. The predicted molar refractivity (Wildman–Crippen MR) is 125 cm³/mol. The van der Waals surface area contributed by atoms with Gasteiger partial charge in [0.15, 0.2) is 5.03 Å². The molecule has 2 aromatic rings. The van der Waals surface area contributed by atoms with E-state index >= 15 is 0 Å². The van der Waals surface area contributed by atoms with Gasteiger partial charge in [-0.3, -0.25) is 4.79 Å². The Bertz CT molecular complexity index is 1200. The van der Waals surface area contributed by atoms with Crippen molar-refractivity contribution in [3.63, 3.8) is 0 Å². The molecular weight excluding hydrogens is 442 g/mol. The van der Waals surface area contributed by atoms with Crippen LogP contribution in [-0.4, -0.2) is 49.6 Å². The van der Waals surface area contributed by atoms with E-state index in [0.29, 0.717) is 31.5 Å².